The predicted molar refractivity (Wildman–Crippen MR) is 94.7 cm³/mol. The van der Waals surface area contributed by atoms with Crippen molar-refractivity contribution in [3.63, 3.8) is 0 Å². The lowest BCUT2D eigenvalue weighted by Crippen LogP contribution is -2.19. The Balaban J connectivity index is 1.44. The number of hydrogen-bond acceptors (Lipinski definition) is 5. The summed E-state index contributed by atoms with van der Waals surface area (Å²) in [5.41, 5.74) is 5.22. The van der Waals surface area contributed by atoms with Crippen molar-refractivity contribution in [1.29, 1.82) is 0 Å². The van der Waals surface area contributed by atoms with Crippen molar-refractivity contribution in [2.45, 2.75) is 19.6 Å². The zero-order valence-corrected chi connectivity index (χ0v) is 14.0. The Morgan fingerprint density at radius 3 is 2.68 bits per heavy atom. The molecule has 2 aromatic carbocycles. The molecule has 0 bridgehead atoms. The van der Waals surface area contributed by atoms with Crippen LogP contribution in [0.1, 0.15) is 16.8 Å². The molecule has 25 heavy (non-hydrogen) atoms. The number of nitrogens with zero attached hydrogens (tertiary/aromatic N) is 5. The largest absolute Gasteiger partial charge is 0.329 e. The van der Waals surface area contributed by atoms with E-state index in [4.69, 9.17) is 4.63 Å². The lowest BCUT2D eigenvalue weighted by atomic mass is 10.2. The van der Waals surface area contributed by atoms with Gasteiger partial charge >= 0.3 is 0 Å². The average molecular weight is 333 g/mol. The van der Waals surface area contributed by atoms with Crippen LogP contribution < -0.4 is 0 Å². The molecule has 0 atom stereocenters. The first-order valence-corrected chi connectivity index (χ1v) is 8.20. The number of rotatable bonds is 6. The topological polar surface area (TPSA) is 60.0 Å². The van der Waals surface area contributed by atoms with E-state index >= 15 is 0 Å². The van der Waals surface area contributed by atoms with Gasteiger partial charge in [-0.25, -0.2) is 9.61 Å². The van der Waals surface area contributed by atoms with Crippen molar-refractivity contribution in [1.82, 2.24) is 24.8 Å². The van der Waals surface area contributed by atoms with E-state index in [1.807, 2.05) is 30.7 Å². The van der Waals surface area contributed by atoms with Gasteiger partial charge in [0.05, 0.1) is 12.0 Å². The number of aromatic nitrogens is 4. The molecule has 0 aliphatic rings. The number of hydrogen-bond donors (Lipinski definition) is 0. The molecule has 0 fully saturated rings. The van der Waals surface area contributed by atoms with Crippen molar-refractivity contribution in [3.8, 4) is 0 Å². The van der Waals surface area contributed by atoms with E-state index in [9.17, 15) is 0 Å². The minimum atomic E-state index is 0.785. The second-order valence-corrected chi connectivity index (χ2v) is 6.26. The highest BCUT2D eigenvalue weighted by atomic mass is 16.6. The highest BCUT2D eigenvalue weighted by Crippen LogP contribution is 2.14. The first-order chi connectivity index (χ1) is 12.3. The quantitative estimate of drug-likeness (QED) is 0.543. The lowest BCUT2D eigenvalue weighted by Gasteiger charge is -2.18. The first kappa shape index (κ1) is 15.5. The van der Waals surface area contributed by atoms with Crippen LogP contribution >= 0.6 is 0 Å². The normalized spacial score (nSPS) is 11.4. The highest BCUT2D eigenvalue weighted by molar-refractivity contribution is 5.73. The molecule has 0 amide bonds. The predicted octanol–water partition coefficient (Wildman–Crippen LogP) is 3.10. The summed E-state index contributed by atoms with van der Waals surface area (Å²) in [5.74, 6) is 0. The average Bonchev–Trinajstić information content (AvgIpc) is 3.25. The van der Waals surface area contributed by atoms with E-state index in [0.717, 1.165) is 30.7 Å². The van der Waals surface area contributed by atoms with Gasteiger partial charge in [-0.1, -0.05) is 36.4 Å². The molecular formula is C19H19N5O. The summed E-state index contributed by atoms with van der Waals surface area (Å²) in [5, 5.41) is 7.74. The second kappa shape index (κ2) is 6.86. The molecule has 2 heterocycles. The van der Waals surface area contributed by atoms with Crippen LogP contribution in [0.4, 0.5) is 0 Å². The SMILES string of the molecule is CN(Cc1ccc2nonc2c1)Cc1cncn1Cc1ccccc1. The molecule has 0 unspecified atom stereocenters. The Morgan fingerprint density at radius 2 is 1.80 bits per heavy atom. The van der Waals surface area contributed by atoms with E-state index in [1.54, 1.807) is 0 Å². The van der Waals surface area contributed by atoms with Gasteiger partial charge in [-0.05, 0) is 40.6 Å². The first-order valence-electron chi connectivity index (χ1n) is 8.20. The monoisotopic (exact) mass is 333 g/mol. The fraction of sp³-hybridized carbons (Fsp3) is 0.211. The Kier molecular flexibility index (Phi) is 4.26. The Hall–Kier alpha value is -2.99. The van der Waals surface area contributed by atoms with Gasteiger partial charge in [0.25, 0.3) is 0 Å². The van der Waals surface area contributed by atoms with Crippen molar-refractivity contribution in [2.75, 3.05) is 7.05 Å². The van der Waals surface area contributed by atoms with Gasteiger partial charge in [0.15, 0.2) is 0 Å². The molecule has 0 N–H and O–H groups in total. The lowest BCUT2D eigenvalue weighted by molar-refractivity contribution is 0.310. The van der Waals surface area contributed by atoms with Crippen LogP contribution in [0.2, 0.25) is 0 Å². The maximum absolute atomic E-state index is 4.76. The Morgan fingerprint density at radius 1 is 0.960 bits per heavy atom. The molecule has 0 saturated carbocycles. The van der Waals surface area contributed by atoms with Gasteiger partial charge in [0.2, 0.25) is 0 Å². The fourth-order valence-electron chi connectivity index (χ4n) is 2.97. The van der Waals surface area contributed by atoms with Gasteiger partial charge in [-0.2, -0.15) is 0 Å². The van der Waals surface area contributed by atoms with Crippen LogP contribution in [0.5, 0.6) is 0 Å². The molecular weight excluding hydrogens is 314 g/mol. The molecule has 0 spiro atoms. The highest BCUT2D eigenvalue weighted by Gasteiger charge is 2.09. The molecule has 6 nitrogen and oxygen atoms in total. The molecule has 4 rings (SSSR count). The maximum atomic E-state index is 4.76. The molecule has 2 aromatic heterocycles. The number of fused-ring (bicyclic) bond motifs is 1. The molecule has 0 saturated heterocycles. The molecule has 0 aliphatic carbocycles. The van der Waals surface area contributed by atoms with E-state index < -0.39 is 0 Å². The summed E-state index contributed by atoms with van der Waals surface area (Å²) in [6.45, 7) is 2.47. The van der Waals surface area contributed by atoms with Gasteiger partial charge < -0.3 is 4.57 Å². The van der Waals surface area contributed by atoms with Crippen molar-refractivity contribution < 1.29 is 4.63 Å². The van der Waals surface area contributed by atoms with Crippen LogP contribution in [0, 0.1) is 0 Å². The maximum Gasteiger partial charge on any atom is 0.135 e. The smallest absolute Gasteiger partial charge is 0.135 e. The zero-order chi connectivity index (χ0) is 17.1. The summed E-state index contributed by atoms with van der Waals surface area (Å²) < 4.78 is 6.95. The summed E-state index contributed by atoms with van der Waals surface area (Å²) in [6, 6.07) is 16.4. The third-order valence-electron chi connectivity index (χ3n) is 4.20. The van der Waals surface area contributed by atoms with E-state index in [2.05, 4.69) is 62.1 Å². The van der Waals surface area contributed by atoms with E-state index in [1.165, 1.54) is 16.8 Å². The third-order valence-corrected chi connectivity index (χ3v) is 4.20. The number of benzene rings is 2. The summed E-state index contributed by atoms with van der Waals surface area (Å²) in [4.78, 5) is 6.58. The van der Waals surface area contributed by atoms with Crippen LogP contribution in [0.15, 0.2) is 65.7 Å². The van der Waals surface area contributed by atoms with Crippen molar-refractivity contribution in [3.05, 3.63) is 77.9 Å². The standard InChI is InChI=1S/C19H19N5O/c1-23(11-16-7-8-18-19(9-16)22-25-21-18)13-17-10-20-14-24(17)12-15-5-3-2-4-6-15/h2-10,14H,11-13H2,1H3. The van der Waals surface area contributed by atoms with E-state index in [0.29, 0.717) is 0 Å². The van der Waals surface area contributed by atoms with Gasteiger partial charge in [-0.3, -0.25) is 4.90 Å². The molecule has 6 heteroatoms. The summed E-state index contributed by atoms with van der Waals surface area (Å²) in [6.07, 6.45) is 3.83. The minimum Gasteiger partial charge on any atom is -0.329 e. The van der Waals surface area contributed by atoms with Gasteiger partial charge in [-0.15, -0.1) is 0 Å². The van der Waals surface area contributed by atoms with Crippen LogP contribution in [-0.4, -0.2) is 31.8 Å². The van der Waals surface area contributed by atoms with Gasteiger partial charge in [0.1, 0.15) is 11.0 Å². The minimum absolute atomic E-state index is 0.785. The zero-order valence-electron chi connectivity index (χ0n) is 14.0. The molecule has 126 valence electrons. The molecule has 0 radical (unpaired) electrons. The van der Waals surface area contributed by atoms with Gasteiger partial charge in [0, 0.05) is 25.8 Å². The molecule has 4 aromatic rings. The Labute approximate surface area is 145 Å². The van der Waals surface area contributed by atoms with Crippen LogP contribution in [0.3, 0.4) is 0 Å². The second-order valence-electron chi connectivity index (χ2n) is 6.26. The third kappa shape index (κ3) is 3.59. The summed E-state index contributed by atoms with van der Waals surface area (Å²) in [7, 11) is 2.10. The number of imidazole rings is 1. The van der Waals surface area contributed by atoms with Crippen LogP contribution in [0.25, 0.3) is 11.0 Å². The van der Waals surface area contributed by atoms with Crippen LogP contribution in [-0.2, 0) is 19.6 Å². The summed E-state index contributed by atoms with van der Waals surface area (Å²) >= 11 is 0. The Bertz CT molecular complexity index is 960. The fourth-order valence-corrected chi connectivity index (χ4v) is 2.97. The molecule has 0 aliphatic heterocycles. The van der Waals surface area contributed by atoms with Crippen molar-refractivity contribution >= 4 is 11.0 Å². The van der Waals surface area contributed by atoms with Crippen molar-refractivity contribution in [2.24, 2.45) is 0 Å². The van der Waals surface area contributed by atoms with E-state index in [-0.39, 0.29) is 0 Å².